The van der Waals surface area contributed by atoms with Gasteiger partial charge < -0.3 is 10.2 Å². The molecule has 0 bridgehead atoms. The lowest BCUT2D eigenvalue weighted by Crippen LogP contribution is -2.35. The molecule has 0 saturated carbocycles. The lowest BCUT2D eigenvalue weighted by molar-refractivity contribution is 0.278. The first-order valence-corrected chi connectivity index (χ1v) is 9.57. The Hall–Kier alpha value is -0.470. The monoisotopic (exact) mass is 333 g/mol. The molecular weight excluding hydrogens is 306 g/mol. The summed E-state index contributed by atoms with van der Waals surface area (Å²) in [5.41, 5.74) is 1.03. The number of rotatable bonds is 9. The van der Waals surface area contributed by atoms with E-state index in [1.807, 2.05) is 20.9 Å². The third kappa shape index (κ3) is 5.67. The highest BCUT2D eigenvalue weighted by molar-refractivity contribution is 7.91. The molecule has 1 heterocycles. The number of likely N-dealkylation sites (N-methyl/N-ethyl adjacent to an activating group) is 1. The second-order valence-corrected chi connectivity index (χ2v) is 8.55. The van der Waals surface area contributed by atoms with Crippen LogP contribution in [0.4, 0.5) is 0 Å². The molecular formula is C14H27N3O2S2. The molecule has 0 spiro atoms. The van der Waals surface area contributed by atoms with E-state index in [4.69, 9.17) is 0 Å². The Morgan fingerprint density at radius 2 is 2.05 bits per heavy atom. The van der Waals surface area contributed by atoms with E-state index in [2.05, 4.69) is 28.8 Å². The summed E-state index contributed by atoms with van der Waals surface area (Å²) in [6.45, 7) is 10.9. The van der Waals surface area contributed by atoms with Crippen LogP contribution in [0.2, 0.25) is 0 Å². The summed E-state index contributed by atoms with van der Waals surface area (Å²) < 4.78 is 27.6. The van der Waals surface area contributed by atoms with Gasteiger partial charge in [-0.05, 0) is 46.0 Å². The molecule has 0 saturated heterocycles. The Morgan fingerprint density at radius 3 is 2.62 bits per heavy atom. The SMILES string of the molecule is CCNCc1sc(S(=O)(=O)NCCN(C)C(C)C)cc1C. The third-order valence-electron chi connectivity index (χ3n) is 3.44. The Kier molecular flexibility index (Phi) is 7.29. The molecule has 7 heteroatoms. The van der Waals surface area contributed by atoms with Gasteiger partial charge >= 0.3 is 0 Å². The Bertz CT molecular complexity index is 538. The fourth-order valence-corrected chi connectivity index (χ4v) is 4.35. The minimum Gasteiger partial charge on any atom is -0.312 e. The summed E-state index contributed by atoms with van der Waals surface area (Å²) in [6, 6.07) is 2.16. The quantitative estimate of drug-likeness (QED) is 0.723. The molecule has 0 radical (unpaired) electrons. The molecule has 122 valence electrons. The average molecular weight is 334 g/mol. The normalized spacial score (nSPS) is 12.5. The van der Waals surface area contributed by atoms with E-state index in [1.165, 1.54) is 11.3 Å². The van der Waals surface area contributed by atoms with Crippen LogP contribution in [0.1, 0.15) is 31.2 Å². The highest BCUT2D eigenvalue weighted by atomic mass is 32.2. The van der Waals surface area contributed by atoms with Crippen LogP contribution in [0.15, 0.2) is 10.3 Å². The van der Waals surface area contributed by atoms with Crippen LogP contribution in [0.5, 0.6) is 0 Å². The minimum atomic E-state index is -3.39. The van der Waals surface area contributed by atoms with Gasteiger partial charge in [0.05, 0.1) is 0 Å². The predicted octanol–water partition coefficient (Wildman–Crippen LogP) is 1.78. The van der Waals surface area contributed by atoms with Gasteiger partial charge in [0, 0.05) is 30.6 Å². The molecule has 0 unspecified atom stereocenters. The van der Waals surface area contributed by atoms with E-state index in [-0.39, 0.29) is 0 Å². The van der Waals surface area contributed by atoms with Gasteiger partial charge in [0.1, 0.15) is 4.21 Å². The zero-order chi connectivity index (χ0) is 16.0. The van der Waals surface area contributed by atoms with Crippen molar-refractivity contribution in [1.82, 2.24) is 14.9 Å². The van der Waals surface area contributed by atoms with Crippen molar-refractivity contribution in [3.8, 4) is 0 Å². The summed E-state index contributed by atoms with van der Waals surface area (Å²) in [7, 11) is -1.41. The number of sulfonamides is 1. The number of hydrogen-bond acceptors (Lipinski definition) is 5. The summed E-state index contributed by atoms with van der Waals surface area (Å²) in [5, 5.41) is 3.23. The first kappa shape index (κ1) is 18.6. The lowest BCUT2D eigenvalue weighted by atomic mass is 10.3. The average Bonchev–Trinajstić information content (AvgIpc) is 2.78. The van der Waals surface area contributed by atoms with Crippen molar-refractivity contribution in [2.45, 2.75) is 44.5 Å². The molecule has 1 aromatic heterocycles. The number of nitrogens with one attached hydrogen (secondary N) is 2. The largest absolute Gasteiger partial charge is 0.312 e. The van der Waals surface area contributed by atoms with Crippen LogP contribution in [0.25, 0.3) is 0 Å². The zero-order valence-corrected chi connectivity index (χ0v) is 15.2. The smallest absolute Gasteiger partial charge is 0.250 e. The van der Waals surface area contributed by atoms with E-state index >= 15 is 0 Å². The van der Waals surface area contributed by atoms with E-state index in [0.29, 0.717) is 23.3 Å². The first-order valence-electron chi connectivity index (χ1n) is 7.27. The molecule has 0 fully saturated rings. The van der Waals surface area contributed by atoms with Crippen LogP contribution in [0, 0.1) is 6.92 Å². The minimum absolute atomic E-state index is 0.403. The van der Waals surface area contributed by atoms with E-state index in [9.17, 15) is 8.42 Å². The van der Waals surface area contributed by atoms with E-state index in [1.54, 1.807) is 6.07 Å². The highest BCUT2D eigenvalue weighted by Crippen LogP contribution is 2.25. The van der Waals surface area contributed by atoms with Gasteiger partial charge in [0.2, 0.25) is 10.0 Å². The third-order valence-corrected chi connectivity index (χ3v) is 6.61. The fraction of sp³-hybridized carbons (Fsp3) is 0.714. The van der Waals surface area contributed by atoms with Gasteiger partial charge in [-0.3, -0.25) is 0 Å². The van der Waals surface area contributed by atoms with Crippen LogP contribution in [-0.4, -0.2) is 46.0 Å². The molecule has 1 aromatic rings. The maximum absolute atomic E-state index is 12.3. The molecule has 0 amide bonds. The van der Waals surface area contributed by atoms with Gasteiger partial charge in [-0.2, -0.15) is 0 Å². The number of thiophene rings is 1. The summed E-state index contributed by atoms with van der Waals surface area (Å²) >= 11 is 1.34. The lowest BCUT2D eigenvalue weighted by Gasteiger charge is -2.20. The van der Waals surface area contributed by atoms with E-state index < -0.39 is 10.0 Å². The molecule has 2 N–H and O–H groups in total. The molecule has 21 heavy (non-hydrogen) atoms. The molecule has 0 atom stereocenters. The fourth-order valence-electron chi connectivity index (χ4n) is 1.72. The Morgan fingerprint density at radius 1 is 1.38 bits per heavy atom. The number of nitrogens with zero attached hydrogens (tertiary/aromatic N) is 1. The number of aryl methyl sites for hydroxylation is 1. The molecule has 0 aromatic carbocycles. The van der Waals surface area contributed by atoms with Crippen LogP contribution >= 0.6 is 11.3 Å². The van der Waals surface area contributed by atoms with E-state index in [0.717, 1.165) is 23.5 Å². The van der Waals surface area contributed by atoms with Crippen molar-refractivity contribution in [2.24, 2.45) is 0 Å². The molecule has 0 aliphatic carbocycles. The Labute approximate surface area is 132 Å². The van der Waals surface area contributed by atoms with Gasteiger partial charge in [0.25, 0.3) is 0 Å². The van der Waals surface area contributed by atoms with Crippen LogP contribution in [0.3, 0.4) is 0 Å². The van der Waals surface area contributed by atoms with Crippen molar-refractivity contribution >= 4 is 21.4 Å². The highest BCUT2D eigenvalue weighted by Gasteiger charge is 2.18. The summed E-state index contributed by atoms with van der Waals surface area (Å²) in [5.74, 6) is 0. The van der Waals surface area contributed by atoms with Crippen LogP contribution < -0.4 is 10.0 Å². The maximum Gasteiger partial charge on any atom is 0.250 e. The van der Waals surface area contributed by atoms with Gasteiger partial charge in [-0.1, -0.05) is 6.92 Å². The predicted molar refractivity (Wildman–Crippen MR) is 89.4 cm³/mol. The molecule has 0 aliphatic rings. The standard InChI is InChI=1S/C14H27N3O2S2/c1-6-15-10-13-12(4)9-14(20-13)21(18,19)16-7-8-17(5)11(2)3/h9,11,15-16H,6-8,10H2,1-5H3. The second kappa shape index (κ2) is 8.24. The zero-order valence-electron chi connectivity index (χ0n) is 13.6. The van der Waals surface area contributed by atoms with Crippen molar-refractivity contribution in [3.05, 3.63) is 16.5 Å². The van der Waals surface area contributed by atoms with Gasteiger partial charge in [-0.15, -0.1) is 11.3 Å². The summed E-state index contributed by atoms with van der Waals surface area (Å²) in [4.78, 5) is 3.19. The van der Waals surface area contributed by atoms with Gasteiger partial charge in [0.15, 0.2) is 0 Å². The Balaban J connectivity index is 2.66. The molecule has 1 rings (SSSR count). The summed E-state index contributed by atoms with van der Waals surface area (Å²) in [6.07, 6.45) is 0. The topological polar surface area (TPSA) is 61.4 Å². The van der Waals surface area contributed by atoms with Crippen LogP contribution in [-0.2, 0) is 16.6 Å². The second-order valence-electron chi connectivity index (χ2n) is 5.42. The van der Waals surface area contributed by atoms with Crippen molar-refractivity contribution in [3.63, 3.8) is 0 Å². The molecule has 5 nitrogen and oxygen atoms in total. The van der Waals surface area contributed by atoms with Crippen molar-refractivity contribution in [1.29, 1.82) is 0 Å². The number of hydrogen-bond donors (Lipinski definition) is 2. The first-order chi connectivity index (χ1) is 9.77. The molecule has 0 aliphatic heterocycles. The maximum atomic E-state index is 12.3. The van der Waals surface area contributed by atoms with Crippen molar-refractivity contribution < 1.29 is 8.42 Å². The van der Waals surface area contributed by atoms with Crippen molar-refractivity contribution in [2.75, 3.05) is 26.7 Å². The van der Waals surface area contributed by atoms with Gasteiger partial charge in [-0.25, -0.2) is 13.1 Å².